The second kappa shape index (κ2) is 2.77. The van der Waals surface area contributed by atoms with Crippen LogP contribution in [0.1, 0.15) is 20.3 Å². The highest BCUT2D eigenvalue weighted by Crippen LogP contribution is 2.22. The zero-order valence-electron chi connectivity index (χ0n) is 7.04. The molecule has 4 N–H and O–H groups in total. The van der Waals surface area contributed by atoms with Crippen molar-refractivity contribution < 1.29 is 0 Å². The molecule has 0 bridgehead atoms. The van der Waals surface area contributed by atoms with Crippen molar-refractivity contribution in [3.8, 4) is 0 Å². The molecule has 0 aromatic rings. The van der Waals surface area contributed by atoms with Crippen molar-refractivity contribution in [2.45, 2.75) is 25.8 Å². The molecule has 0 fully saturated rings. The average Bonchev–Trinajstić information content (AvgIpc) is 1.95. The van der Waals surface area contributed by atoms with Gasteiger partial charge in [0.1, 0.15) is 0 Å². The van der Waals surface area contributed by atoms with Crippen LogP contribution in [0.2, 0.25) is 0 Å². The van der Waals surface area contributed by atoms with Gasteiger partial charge in [-0.05, 0) is 20.3 Å². The van der Waals surface area contributed by atoms with Gasteiger partial charge in [-0.2, -0.15) is 5.12 Å². The van der Waals surface area contributed by atoms with Crippen LogP contribution < -0.4 is 11.7 Å². The van der Waals surface area contributed by atoms with E-state index in [2.05, 4.69) is 13.0 Å². The fourth-order valence-corrected chi connectivity index (χ4v) is 1.01. The lowest BCUT2D eigenvalue weighted by molar-refractivity contribution is 0.151. The first kappa shape index (κ1) is 8.46. The molecule has 0 aromatic heterocycles. The average molecular weight is 153 g/mol. The highest BCUT2D eigenvalue weighted by molar-refractivity contribution is 5.26. The molecule has 0 spiro atoms. The van der Waals surface area contributed by atoms with Crippen molar-refractivity contribution in [1.29, 1.82) is 0 Å². The maximum absolute atomic E-state index is 5.48. The maximum Gasteiger partial charge on any atom is 0.0693 e. The molecule has 0 heterocycles. The summed E-state index contributed by atoms with van der Waals surface area (Å²) in [5.74, 6) is 11.0. The zero-order valence-corrected chi connectivity index (χ0v) is 7.04. The summed E-state index contributed by atoms with van der Waals surface area (Å²) in [4.78, 5) is 0. The molecule has 0 saturated heterocycles. The standard InChI is InChI=1S/C8H15N3/c1-7-3-5-8(2,6-4-7)11(9)10/h3-5H,6,9-10H2,1-2H3. The Labute approximate surface area is 67.3 Å². The number of rotatable bonds is 1. The van der Waals surface area contributed by atoms with E-state index in [0.29, 0.717) is 0 Å². The van der Waals surface area contributed by atoms with Crippen molar-refractivity contribution in [1.82, 2.24) is 5.12 Å². The molecule has 1 atom stereocenters. The fourth-order valence-electron chi connectivity index (χ4n) is 1.01. The van der Waals surface area contributed by atoms with Crippen molar-refractivity contribution >= 4 is 0 Å². The Balaban J connectivity index is 2.74. The van der Waals surface area contributed by atoms with Gasteiger partial charge in [-0.3, -0.25) is 11.7 Å². The van der Waals surface area contributed by atoms with E-state index >= 15 is 0 Å². The van der Waals surface area contributed by atoms with Crippen LogP contribution in [-0.4, -0.2) is 10.7 Å². The van der Waals surface area contributed by atoms with E-state index in [1.807, 2.05) is 19.1 Å². The summed E-state index contributed by atoms with van der Waals surface area (Å²) in [6, 6.07) is 0. The smallest absolute Gasteiger partial charge is 0.0693 e. The molecule has 62 valence electrons. The zero-order chi connectivity index (χ0) is 8.48. The summed E-state index contributed by atoms with van der Waals surface area (Å²) in [5, 5.41) is 1.26. The van der Waals surface area contributed by atoms with Gasteiger partial charge >= 0.3 is 0 Å². The van der Waals surface area contributed by atoms with E-state index in [9.17, 15) is 0 Å². The Morgan fingerprint density at radius 3 is 2.55 bits per heavy atom. The minimum Gasteiger partial charge on any atom is -0.254 e. The number of nitrogens with zero attached hydrogens (tertiary/aromatic N) is 1. The summed E-state index contributed by atoms with van der Waals surface area (Å²) < 4.78 is 0. The summed E-state index contributed by atoms with van der Waals surface area (Å²) in [7, 11) is 0. The SMILES string of the molecule is CC1=CCC(C)(N(N)N)C=C1. The van der Waals surface area contributed by atoms with Gasteiger partial charge in [0, 0.05) is 0 Å². The highest BCUT2D eigenvalue weighted by atomic mass is 15.6. The first-order valence-electron chi connectivity index (χ1n) is 3.70. The molecule has 0 amide bonds. The monoisotopic (exact) mass is 153 g/mol. The third-order valence-electron chi connectivity index (χ3n) is 2.13. The van der Waals surface area contributed by atoms with E-state index < -0.39 is 0 Å². The van der Waals surface area contributed by atoms with E-state index in [-0.39, 0.29) is 5.54 Å². The molecular formula is C8H15N3. The molecule has 0 radical (unpaired) electrons. The van der Waals surface area contributed by atoms with Crippen LogP contribution in [0.3, 0.4) is 0 Å². The largest absolute Gasteiger partial charge is 0.254 e. The molecule has 1 unspecified atom stereocenters. The molecule has 0 aromatic carbocycles. The predicted molar refractivity (Wildman–Crippen MR) is 46.1 cm³/mol. The number of allylic oxidation sites excluding steroid dienone is 2. The summed E-state index contributed by atoms with van der Waals surface area (Å²) >= 11 is 0. The van der Waals surface area contributed by atoms with E-state index in [0.717, 1.165) is 6.42 Å². The van der Waals surface area contributed by atoms with Crippen molar-refractivity contribution in [2.75, 3.05) is 0 Å². The number of hydrazine groups is 2. The fraction of sp³-hybridized carbons (Fsp3) is 0.500. The Hall–Kier alpha value is -0.640. The molecule has 1 aliphatic carbocycles. The van der Waals surface area contributed by atoms with E-state index in [1.54, 1.807) is 0 Å². The first-order chi connectivity index (χ1) is 5.04. The lowest BCUT2D eigenvalue weighted by Gasteiger charge is -2.33. The van der Waals surface area contributed by atoms with Gasteiger partial charge < -0.3 is 0 Å². The van der Waals surface area contributed by atoms with Crippen LogP contribution in [0.4, 0.5) is 0 Å². The number of hydrogen-bond acceptors (Lipinski definition) is 3. The molecule has 0 saturated carbocycles. The van der Waals surface area contributed by atoms with Gasteiger partial charge in [0.05, 0.1) is 5.54 Å². The minimum atomic E-state index is -0.209. The van der Waals surface area contributed by atoms with Crippen LogP contribution in [0.5, 0.6) is 0 Å². The quantitative estimate of drug-likeness (QED) is 0.430. The van der Waals surface area contributed by atoms with Gasteiger partial charge in [-0.25, -0.2) is 0 Å². The molecule has 0 aliphatic heterocycles. The van der Waals surface area contributed by atoms with Crippen molar-refractivity contribution in [3.63, 3.8) is 0 Å². The van der Waals surface area contributed by atoms with Gasteiger partial charge in [-0.1, -0.05) is 23.8 Å². The van der Waals surface area contributed by atoms with Crippen LogP contribution in [0, 0.1) is 0 Å². The molecular weight excluding hydrogens is 138 g/mol. The molecule has 3 nitrogen and oxygen atoms in total. The van der Waals surface area contributed by atoms with Gasteiger partial charge in [0.15, 0.2) is 0 Å². The van der Waals surface area contributed by atoms with Crippen LogP contribution in [0.25, 0.3) is 0 Å². The third kappa shape index (κ3) is 1.68. The minimum absolute atomic E-state index is 0.209. The van der Waals surface area contributed by atoms with Crippen molar-refractivity contribution in [2.24, 2.45) is 11.7 Å². The number of hydrogen-bond donors (Lipinski definition) is 2. The Morgan fingerprint density at radius 1 is 1.55 bits per heavy atom. The van der Waals surface area contributed by atoms with Gasteiger partial charge in [0.2, 0.25) is 0 Å². The molecule has 11 heavy (non-hydrogen) atoms. The van der Waals surface area contributed by atoms with Crippen LogP contribution in [-0.2, 0) is 0 Å². The number of nitrogens with two attached hydrogens (primary N) is 2. The Kier molecular flexibility index (Phi) is 2.13. The second-order valence-electron chi connectivity index (χ2n) is 3.25. The lowest BCUT2D eigenvalue weighted by Crippen LogP contribution is -2.54. The summed E-state index contributed by atoms with van der Waals surface area (Å²) in [5.41, 5.74) is 1.06. The lowest BCUT2D eigenvalue weighted by atomic mass is 9.91. The van der Waals surface area contributed by atoms with Gasteiger partial charge in [-0.15, -0.1) is 0 Å². The van der Waals surface area contributed by atoms with E-state index in [4.69, 9.17) is 11.7 Å². The second-order valence-corrected chi connectivity index (χ2v) is 3.25. The third-order valence-corrected chi connectivity index (χ3v) is 2.13. The van der Waals surface area contributed by atoms with Crippen LogP contribution in [0.15, 0.2) is 23.8 Å². The van der Waals surface area contributed by atoms with Crippen molar-refractivity contribution in [3.05, 3.63) is 23.8 Å². The summed E-state index contributed by atoms with van der Waals surface area (Å²) in [6.45, 7) is 4.07. The molecule has 1 rings (SSSR count). The van der Waals surface area contributed by atoms with E-state index in [1.165, 1.54) is 10.7 Å². The Bertz CT molecular complexity index is 205. The molecule has 3 heteroatoms. The van der Waals surface area contributed by atoms with Crippen LogP contribution >= 0.6 is 0 Å². The summed E-state index contributed by atoms with van der Waals surface area (Å²) in [6.07, 6.45) is 7.08. The normalized spacial score (nSPS) is 30.8. The first-order valence-corrected chi connectivity index (χ1v) is 3.70. The topological polar surface area (TPSA) is 55.3 Å². The Morgan fingerprint density at radius 2 is 2.18 bits per heavy atom. The molecule has 1 aliphatic rings. The maximum atomic E-state index is 5.48. The van der Waals surface area contributed by atoms with Gasteiger partial charge in [0.25, 0.3) is 0 Å². The highest BCUT2D eigenvalue weighted by Gasteiger charge is 2.25. The predicted octanol–water partition coefficient (Wildman–Crippen LogP) is 0.701.